The van der Waals surface area contributed by atoms with Crippen LogP contribution in [0.3, 0.4) is 0 Å². The Morgan fingerprint density at radius 3 is 2.17 bits per heavy atom. The highest BCUT2D eigenvalue weighted by Gasteiger charge is 2.23. The minimum absolute atomic E-state index is 0.0216. The summed E-state index contributed by atoms with van der Waals surface area (Å²) in [5.41, 5.74) is 2.75. The fourth-order valence-electron chi connectivity index (χ4n) is 1.54. The molecule has 108 valence electrons. The summed E-state index contributed by atoms with van der Waals surface area (Å²) in [4.78, 5) is 22.0. The molecule has 0 aromatic rings. The molecule has 0 radical (unpaired) electrons. The predicted molar refractivity (Wildman–Crippen MR) is 72.4 cm³/mol. The van der Waals surface area contributed by atoms with Crippen molar-refractivity contribution in [3.8, 4) is 0 Å². The number of hydrogen-bond acceptors (Lipinski definition) is 5. The van der Waals surface area contributed by atoms with Crippen LogP contribution in [0.25, 0.3) is 0 Å². The van der Waals surface area contributed by atoms with Crippen molar-refractivity contribution in [2.75, 3.05) is 27.2 Å². The largest absolute Gasteiger partial charge is 0.480 e. The van der Waals surface area contributed by atoms with Gasteiger partial charge in [-0.2, -0.15) is 0 Å². The van der Waals surface area contributed by atoms with Crippen LogP contribution in [0.2, 0.25) is 0 Å². The number of carbonyl (C=O) groups is 2. The smallest absolute Gasteiger partial charge is 0.319 e. The lowest BCUT2D eigenvalue weighted by molar-refractivity contribution is -0.141. The van der Waals surface area contributed by atoms with E-state index in [-0.39, 0.29) is 18.4 Å². The molecule has 0 aliphatic rings. The van der Waals surface area contributed by atoms with E-state index >= 15 is 0 Å². The number of rotatable bonds is 9. The summed E-state index contributed by atoms with van der Waals surface area (Å²) in [6.07, 6.45) is 1.48. The van der Waals surface area contributed by atoms with Crippen LogP contribution in [0.1, 0.15) is 33.6 Å². The average molecular weight is 261 g/mol. The molecule has 6 heteroatoms. The zero-order chi connectivity index (χ0) is 14.6. The van der Waals surface area contributed by atoms with Crippen molar-refractivity contribution >= 4 is 11.8 Å². The second-order valence-electron chi connectivity index (χ2n) is 3.62. The summed E-state index contributed by atoms with van der Waals surface area (Å²) in [6, 6.07) is -0.380. The highest BCUT2D eigenvalue weighted by atomic mass is 16.4. The number of aliphatic carboxylic acids is 1. The maximum Gasteiger partial charge on any atom is 0.319 e. The first-order valence-corrected chi connectivity index (χ1v) is 6.33. The number of hydrazine groups is 1. The summed E-state index contributed by atoms with van der Waals surface area (Å²) < 4.78 is 0. The van der Waals surface area contributed by atoms with Crippen LogP contribution in [0.15, 0.2) is 0 Å². The van der Waals surface area contributed by atoms with Crippen molar-refractivity contribution in [3.63, 3.8) is 0 Å². The highest BCUT2D eigenvalue weighted by molar-refractivity contribution is 5.82. The van der Waals surface area contributed by atoms with E-state index in [9.17, 15) is 9.59 Å². The van der Waals surface area contributed by atoms with Crippen LogP contribution in [0, 0.1) is 0 Å². The molecule has 0 saturated carbocycles. The summed E-state index contributed by atoms with van der Waals surface area (Å²) >= 11 is 0. The number of carboxylic acids is 1. The topological polar surface area (TPSA) is 81.7 Å². The molecule has 0 aromatic carbocycles. The standard InChI is InChI=1S/C10H21N3O3.C2H6/c1-8(14)9(5-4-6-11-2)13(12-3)7-10(15)16;1-2/h9,11-12H,4-7H2,1-3H3,(H,15,16);1-2H3. The fraction of sp³-hybridized carbons (Fsp3) is 0.833. The molecular weight excluding hydrogens is 234 g/mol. The second kappa shape index (κ2) is 12.5. The van der Waals surface area contributed by atoms with Crippen LogP contribution >= 0.6 is 0 Å². The van der Waals surface area contributed by atoms with E-state index in [4.69, 9.17) is 5.11 Å². The maximum absolute atomic E-state index is 11.4. The summed E-state index contributed by atoms with van der Waals surface area (Å²) in [6.45, 7) is 6.12. The first kappa shape index (κ1) is 19.4. The maximum atomic E-state index is 11.4. The molecule has 6 nitrogen and oxygen atoms in total. The Bertz CT molecular complexity index is 235. The number of nitrogens with zero attached hydrogens (tertiary/aromatic N) is 1. The Hall–Kier alpha value is -0.980. The molecule has 0 heterocycles. The van der Waals surface area contributed by atoms with Gasteiger partial charge >= 0.3 is 5.97 Å². The molecule has 0 bridgehead atoms. The van der Waals surface area contributed by atoms with Crippen molar-refractivity contribution in [2.45, 2.75) is 39.7 Å². The fourth-order valence-corrected chi connectivity index (χ4v) is 1.54. The van der Waals surface area contributed by atoms with Gasteiger partial charge in [0, 0.05) is 0 Å². The zero-order valence-corrected chi connectivity index (χ0v) is 12.1. The predicted octanol–water partition coefficient (Wildman–Crippen LogP) is 0.491. The van der Waals surface area contributed by atoms with E-state index in [1.54, 1.807) is 7.05 Å². The van der Waals surface area contributed by atoms with E-state index < -0.39 is 5.97 Å². The van der Waals surface area contributed by atoms with Crippen molar-refractivity contribution in [3.05, 3.63) is 0 Å². The summed E-state index contributed by atoms with van der Waals surface area (Å²) in [5, 5.41) is 13.2. The van der Waals surface area contributed by atoms with E-state index in [1.807, 2.05) is 20.9 Å². The lowest BCUT2D eigenvalue weighted by Crippen LogP contribution is -2.49. The summed E-state index contributed by atoms with van der Waals surface area (Å²) in [5.74, 6) is -0.971. The van der Waals surface area contributed by atoms with Gasteiger partial charge in [-0.1, -0.05) is 13.8 Å². The molecule has 0 aliphatic heterocycles. The van der Waals surface area contributed by atoms with Gasteiger partial charge in [-0.25, -0.2) is 5.01 Å². The quantitative estimate of drug-likeness (QED) is 0.414. The van der Waals surface area contributed by atoms with Crippen molar-refractivity contribution in [1.82, 2.24) is 15.8 Å². The van der Waals surface area contributed by atoms with Crippen LogP contribution in [-0.2, 0) is 9.59 Å². The number of ketones is 1. The van der Waals surface area contributed by atoms with Gasteiger partial charge in [-0.3, -0.25) is 15.0 Å². The van der Waals surface area contributed by atoms with Crippen LogP contribution in [0.5, 0.6) is 0 Å². The third-order valence-electron chi connectivity index (χ3n) is 2.34. The number of carbonyl (C=O) groups excluding carboxylic acids is 1. The molecule has 1 atom stereocenters. The molecule has 0 saturated heterocycles. The molecule has 18 heavy (non-hydrogen) atoms. The first-order chi connectivity index (χ1) is 8.52. The molecule has 3 N–H and O–H groups in total. The Morgan fingerprint density at radius 2 is 1.83 bits per heavy atom. The monoisotopic (exact) mass is 261 g/mol. The van der Waals surface area contributed by atoms with E-state index in [1.165, 1.54) is 11.9 Å². The van der Waals surface area contributed by atoms with Gasteiger partial charge in [-0.05, 0) is 40.4 Å². The summed E-state index contributed by atoms with van der Waals surface area (Å²) in [7, 11) is 3.47. The molecule has 0 spiro atoms. The SMILES string of the molecule is CC.CNCCCC(C(C)=O)N(CC(=O)O)NC. The molecular formula is C12H27N3O3. The van der Waals surface area contributed by atoms with E-state index in [2.05, 4.69) is 10.7 Å². The van der Waals surface area contributed by atoms with Gasteiger partial charge in [0.25, 0.3) is 0 Å². The van der Waals surface area contributed by atoms with E-state index in [0.29, 0.717) is 6.42 Å². The minimum atomic E-state index is -0.950. The molecule has 0 amide bonds. The zero-order valence-electron chi connectivity index (χ0n) is 12.1. The molecule has 0 rings (SSSR count). The number of carboxylic acid groups (broad SMARTS) is 1. The van der Waals surface area contributed by atoms with Gasteiger partial charge < -0.3 is 10.4 Å². The van der Waals surface area contributed by atoms with Gasteiger partial charge in [0.15, 0.2) is 0 Å². The molecule has 0 fully saturated rings. The van der Waals surface area contributed by atoms with Crippen LogP contribution < -0.4 is 10.7 Å². The van der Waals surface area contributed by atoms with Crippen LogP contribution in [0.4, 0.5) is 0 Å². The van der Waals surface area contributed by atoms with Gasteiger partial charge in [0.2, 0.25) is 0 Å². The average Bonchev–Trinajstić information content (AvgIpc) is 2.34. The normalized spacial score (nSPS) is 11.7. The van der Waals surface area contributed by atoms with Crippen molar-refractivity contribution < 1.29 is 14.7 Å². The number of nitrogens with one attached hydrogen (secondary N) is 2. The second-order valence-corrected chi connectivity index (χ2v) is 3.62. The number of Topliss-reactive ketones (excluding diaryl/α,β-unsaturated/α-hetero) is 1. The Kier molecular flexibility index (Phi) is 13.4. The van der Waals surface area contributed by atoms with Gasteiger partial charge in [-0.15, -0.1) is 0 Å². The third kappa shape index (κ3) is 9.09. The third-order valence-corrected chi connectivity index (χ3v) is 2.34. The molecule has 0 aliphatic carbocycles. The molecule has 0 aromatic heterocycles. The van der Waals surface area contributed by atoms with Gasteiger partial charge in [0.05, 0.1) is 6.04 Å². The highest BCUT2D eigenvalue weighted by Crippen LogP contribution is 2.05. The Balaban J connectivity index is 0. The number of hydrogen-bond donors (Lipinski definition) is 3. The molecule has 1 unspecified atom stereocenters. The van der Waals surface area contributed by atoms with Crippen molar-refractivity contribution in [2.24, 2.45) is 0 Å². The lowest BCUT2D eigenvalue weighted by atomic mass is 10.1. The van der Waals surface area contributed by atoms with Crippen molar-refractivity contribution in [1.29, 1.82) is 0 Å². The van der Waals surface area contributed by atoms with Gasteiger partial charge in [0.1, 0.15) is 12.3 Å². The van der Waals surface area contributed by atoms with Crippen LogP contribution in [-0.4, -0.2) is 55.1 Å². The minimum Gasteiger partial charge on any atom is -0.480 e. The van der Waals surface area contributed by atoms with E-state index in [0.717, 1.165) is 13.0 Å². The Labute approximate surface area is 110 Å². The first-order valence-electron chi connectivity index (χ1n) is 6.33. The Morgan fingerprint density at radius 1 is 1.28 bits per heavy atom. The lowest BCUT2D eigenvalue weighted by Gasteiger charge is -2.27.